The molecular weight excluding hydrogens is 964 g/mol. The number of imidazole rings is 1. The Morgan fingerprint density at radius 1 is 0.453 bits per heavy atom. The van der Waals surface area contributed by atoms with E-state index < -0.39 is 0 Å². The molecule has 0 saturated carbocycles. The van der Waals surface area contributed by atoms with Gasteiger partial charge in [-0.2, -0.15) is 0 Å². The summed E-state index contributed by atoms with van der Waals surface area (Å²) in [7, 11) is 0. The van der Waals surface area contributed by atoms with Gasteiger partial charge in [0.25, 0.3) is 0 Å². The summed E-state index contributed by atoms with van der Waals surface area (Å²) in [6.45, 7) is 0. The molecule has 3 heterocycles. The van der Waals surface area contributed by atoms with E-state index >= 15 is 0 Å². The second-order valence-electron chi connectivity index (χ2n) is 18.5. The summed E-state index contributed by atoms with van der Waals surface area (Å²) >= 11 is 2.65. The molecule has 0 radical (unpaired) electrons. The summed E-state index contributed by atoms with van der Waals surface area (Å²) in [5, 5.41) is 2.37. The van der Waals surface area contributed by atoms with Crippen LogP contribution in [0.25, 0.3) is 50.0 Å². The van der Waals surface area contributed by atoms with Gasteiger partial charge in [0.05, 0.1) is 0 Å². The van der Waals surface area contributed by atoms with Gasteiger partial charge in [-0.15, -0.1) is 0 Å². The Labute approximate surface area is 382 Å². The van der Waals surface area contributed by atoms with E-state index in [2.05, 4.69) is 185 Å². The van der Waals surface area contributed by atoms with E-state index in [1.807, 2.05) is 18.3 Å². The van der Waals surface area contributed by atoms with Crippen molar-refractivity contribution < 1.29 is 24.1 Å². The first-order valence-corrected chi connectivity index (χ1v) is 24.0. The van der Waals surface area contributed by atoms with Gasteiger partial charge in [0.1, 0.15) is 0 Å². The van der Waals surface area contributed by atoms with Crippen molar-refractivity contribution in [3.63, 3.8) is 0 Å². The Balaban J connectivity index is 0.963. The van der Waals surface area contributed by atoms with Crippen molar-refractivity contribution >= 4 is 32.8 Å². The normalized spacial score (nSPS) is 19.3. The van der Waals surface area contributed by atoms with Crippen LogP contribution in [0.3, 0.4) is 0 Å². The summed E-state index contributed by atoms with van der Waals surface area (Å²) in [5.41, 5.74) is 19.6. The molecule has 6 heteroatoms. The van der Waals surface area contributed by atoms with Crippen LogP contribution in [-0.4, -0.2) is 18.7 Å². The maximum atomic E-state index is 6.84. The van der Waals surface area contributed by atoms with Crippen LogP contribution in [0.1, 0.15) is 70.2 Å². The van der Waals surface area contributed by atoms with Gasteiger partial charge in [0.2, 0.25) is 0 Å². The number of rotatable bonds is 5. The molecular formula is C58H44N4OPt. The molecule has 7 aromatic carbocycles. The second kappa shape index (κ2) is 13.7. The van der Waals surface area contributed by atoms with Crippen LogP contribution in [0.4, 0.5) is 0 Å². The molecule has 0 aliphatic heterocycles. The molecule has 5 nitrogen and oxygen atoms in total. The third-order valence-electron chi connectivity index (χ3n) is 15.5. The van der Waals surface area contributed by atoms with Crippen molar-refractivity contribution in [3.05, 3.63) is 218 Å². The molecule has 10 aromatic rings. The minimum atomic E-state index is -0.00510. The fourth-order valence-electron chi connectivity index (χ4n) is 13.0. The van der Waals surface area contributed by atoms with Gasteiger partial charge in [-0.25, -0.2) is 0 Å². The maximum absolute atomic E-state index is 6.84. The fourth-order valence-corrected chi connectivity index (χ4v) is 14.1. The number of aryl methyl sites for hydroxylation is 4. The van der Waals surface area contributed by atoms with Gasteiger partial charge in [-0.3, -0.25) is 0 Å². The average Bonchev–Trinajstić information content (AvgIpc) is 4.20. The molecule has 4 aliphatic rings. The summed E-state index contributed by atoms with van der Waals surface area (Å²) in [4.78, 5) is 4.75. The summed E-state index contributed by atoms with van der Waals surface area (Å²) in [5.74, 6) is 2.46. The third kappa shape index (κ3) is 5.05. The molecule has 0 bridgehead atoms. The predicted molar refractivity (Wildman–Crippen MR) is 252 cm³/mol. The van der Waals surface area contributed by atoms with Gasteiger partial charge >= 0.3 is 354 Å². The van der Waals surface area contributed by atoms with Crippen molar-refractivity contribution in [2.45, 2.75) is 62.2 Å². The molecule has 0 saturated heterocycles. The van der Waals surface area contributed by atoms with Crippen molar-refractivity contribution in [1.82, 2.24) is 18.7 Å². The minimum absolute atomic E-state index is 0.00510. The number of hydrogen-bond acceptors (Lipinski definition) is 2. The van der Waals surface area contributed by atoms with Gasteiger partial charge < -0.3 is 0 Å². The molecule has 2 atom stereocenters. The van der Waals surface area contributed by atoms with E-state index in [1.165, 1.54) is 68.1 Å². The first-order valence-electron chi connectivity index (χ1n) is 22.9. The molecule has 3 aromatic heterocycles. The van der Waals surface area contributed by atoms with Gasteiger partial charge in [-0.05, 0) is 6.07 Å². The first-order chi connectivity index (χ1) is 31.6. The van der Waals surface area contributed by atoms with Crippen LogP contribution in [-0.2, 0) is 55.9 Å². The van der Waals surface area contributed by atoms with Crippen LogP contribution in [0.5, 0.6) is 11.5 Å². The predicted octanol–water partition coefficient (Wildman–Crippen LogP) is 13.1. The van der Waals surface area contributed by atoms with Crippen LogP contribution in [0.2, 0.25) is 0 Å². The van der Waals surface area contributed by atoms with E-state index in [0.29, 0.717) is 0 Å². The van der Waals surface area contributed by atoms with Crippen molar-refractivity contribution in [2.24, 2.45) is 0 Å². The van der Waals surface area contributed by atoms with Gasteiger partial charge in [0.15, 0.2) is 0 Å². The Kier molecular flexibility index (Phi) is 7.91. The molecule has 4 aliphatic carbocycles. The number of fused-ring (bicyclic) bond motifs is 12. The van der Waals surface area contributed by atoms with E-state index in [4.69, 9.17) is 9.72 Å². The average molecular weight is 1010 g/mol. The fraction of sp³-hybridized carbons (Fsp3) is 0.172. The zero-order valence-corrected chi connectivity index (χ0v) is 37.6. The Morgan fingerprint density at radius 2 is 1.03 bits per heavy atom. The zero-order chi connectivity index (χ0) is 42.1. The summed E-state index contributed by atoms with van der Waals surface area (Å²) in [6, 6.07) is 60.2. The molecule has 0 fully saturated rings. The number of aromatic nitrogens is 4. The SMILES string of the molecule is [Pt]=[c]1n(-c2cccc(Oc3ccc4c5ccccc5n(-c5ccccn5)c4c3)c2)c2ccccc2n1-c1c2c(cc3c1C1(CCc4ccccc41)CC3)CCC21CCc2ccccc21. The van der Waals surface area contributed by atoms with Crippen LogP contribution in [0, 0.1) is 3.80 Å². The van der Waals surface area contributed by atoms with Gasteiger partial charge in [-0.1, -0.05) is 18.2 Å². The van der Waals surface area contributed by atoms with Crippen LogP contribution < -0.4 is 4.74 Å². The third-order valence-corrected chi connectivity index (χ3v) is 16.6. The van der Waals surface area contributed by atoms with E-state index in [-0.39, 0.29) is 10.8 Å². The number of para-hydroxylation sites is 3. The van der Waals surface area contributed by atoms with E-state index in [0.717, 1.165) is 59.7 Å². The summed E-state index contributed by atoms with van der Waals surface area (Å²) in [6.07, 6.45) is 11.0. The van der Waals surface area contributed by atoms with Crippen molar-refractivity contribution in [3.8, 4) is 28.7 Å². The molecule has 312 valence electrons. The van der Waals surface area contributed by atoms with E-state index in [1.54, 1.807) is 33.4 Å². The van der Waals surface area contributed by atoms with Gasteiger partial charge in [0, 0.05) is 6.20 Å². The van der Waals surface area contributed by atoms with E-state index in [9.17, 15) is 0 Å². The molecule has 2 unspecified atom stereocenters. The number of benzene rings is 7. The van der Waals surface area contributed by atoms with Crippen LogP contribution in [0.15, 0.2) is 170 Å². The number of ether oxygens (including phenoxy) is 1. The topological polar surface area (TPSA) is 36.9 Å². The Hall–Kier alpha value is -6.55. The molecule has 0 N–H and O–H groups in total. The monoisotopic (exact) mass is 1010 g/mol. The number of pyridine rings is 1. The molecule has 2 spiro atoms. The molecule has 0 amide bonds. The van der Waals surface area contributed by atoms with Crippen LogP contribution >= 0.6 is 0 Å². The Morgan fingerprint density at radius 3 is 1.72 bits per heavy atom. The first kappa shape index (κ1) is 36.9. The Bertz CT molecular complexity index is 3560. The number of nitrogens with zero attached hydrogens (tertiary/aromatic N) is 4. The van der Waals surface area contributed by atoms with Crippen molar-refractivity contribution in [2.75, 3.05) is 0 Å². The standard InChI is InChI=1S/C58H44N4O.Pt/c1-4-17-47-38(12-1)25-29-57(47)31-27-40-34-41-28-32-58(30-26-39-13-2-5-18-48(39)58)55(41)56(54(40)57)61-37-60(50-20-7-8-21-51(50)61)42-14-11-15-43(35-42)63-44-23-24-46-45-16-3-6-19-49(45)62(52(46)36-44)53-22-9-10-33-59-53;/h1-24,33-36H,25-32H2;. The number of hydrogen-bond donors (Lipinski definition) is 0. The molecule has 64 heavy (non-hydrogen) atoms. The zero-order valence-electron chi connectivity index (χ0n) is 35.3. The molecule has 14 rings (SSSR count). The second-order valence-corrected chi connectivity index (χ2v) is 19.5. The quantitative estimate of drug-likeness (QED) is 0.172. The summed E-state index contributed by atoms with van der Waals surface area (Å²) < 4.78 is 15.4. The van der Waals surface area contributed by atoms with Crippen molar-refractivity contribution in [1.29, 1.82) is 0 Å².